The van der Waals surface area contributed by atoms with Crippen molar-refractivity contribution in [1.82, 2.24) is 19.4 Å². The van der Waals surface area contributed by atoms with Crippen molar-refractivity contribution in [1.29, 1.82) is 0 Å². The smallest absolute Gasteiger partial charge is 0.342 e. The van der Waals surface area contributed by atoms with Crippen LogP contribution in [0.2, 0.25) is 0 Å². The average Bonchev–Trinajstić information content (AvgIpc) is 3.14. The van der Waals surface area contributed by atoms with Crippen LogP contribution in [0.5, 0.6) is 0 Å². The SMILES string of the molecule is Cc1cc2ncccc2cc1CC(=O)N1CCC(n2c(=O)[nH]c3cccc(C(F)(F)F)c32)CC1. The van der Waals surface area contributed by atoms with Crippen LogP contribution in [0.15, 0.2) is 53.5 Å². The van der Waals surface area contributed by atoms with Crippen LogP contribution in [0, 0.1) is 6.92 Å². The molecule has 176 valence electrons. The predicted molar refractivity (Wildman–Crippen MR) is 123 cm³/mol. The van der Waals surface area contributed by atoms with Gasteiger partial charge < -0.3 is 9.88 Å². The van der Waals surface area contributed by atoms with Crippen LogP contribution in [0.4, 0.5) is 13.2 Å². The summed E-state index contributed by atoms with van der Waals surface area (Å²) in [6.07, 6.45) is -1.78. The minimum Gasteiger partial charge on any atom is -0.342 e. The standard InChI is InChI=1S/C25H23F3N4O2/c1-15-12-21-16(4-3-9-29-21)13-17(15)14-22(33)31-10-7-18(8-11-31)32-23-19(25(26,27)28)5-2-6-20(23)30-24(32)34/h2-6,9,12-13,18H,7-8,10-11,14H2,1H3,(H,30,34). The monoisotopic (exact) mass is 468 g/mol. The number of aryl methyl sites for hydroxylation is 1. The third-order valence-electron chi connectivity index (χ3n) is 6.63. The van der Waals surface area contributed by atoms with Gasteiger partial charge in [0.15, 0.2) is 0 Å². The molecule has 4 aromatic rings. The van der Waals surface area contributed by atoms with Gasteiger partial charge in [0, 0.05) is 30.7 Å². The van der Waals surface area contributed by atoms with Gasteiger partial charge in [-0.25, -0.2) is 4.79 Å². The Hall–Kier alpha value is -3.62. The minimum atomic E-state index is -4.57. The molecular formula is C25H23F3N4O2. The normalized spacial score (nSPS) is 15.4. The average molecular weight is 468 g/mol. The molecule has 5 rings (SSSR count). The first-order chi connectivity index (χ1) is 16.2. The summed E-state index contributed by atoms with van der Waals surface area (Å²) in [5, 5.41) is 0.966. The molecule has 0 aliphatic carbocycles. The van der Waals surface area contributed by atoms with Gasteiger partial charge in [-0.1, -0.05) is 12.1 Å². The summed E-state index contributed by atoms with van der Waals surface area (Å²) in [4.78, 5) is 34.2. The molecule has 9 heteroatoms. The van der Waals surface area contributed by atoms with Crippen molar-refractivity contribution < 1.29 is 18.0 Å². The molecule has 0 unspecified atom stereocenters. The van der Waals surface area contributed by atoms with Gasteiger partial charge in [-0.2, -0.15) is 13.2 Å². The van der Waals surface area contributed by atoms with Gasteiger partial charge in [-0.05, 0) is 61.2 Å². The van der Waals surface area contributed by atoms with E-state index in [1.807, 2.05) is 31.2 Å². The quantitative estimate of drug-likeness (QED) is 0.477. The number of amides is 1. The third-order valence-corrected chi connectivity index (χ3v) is 6.63. The molecule has 34 heavy (non-hydrogen) atoms. The number of fused-ring (bicyclic) bond motifs is 2. The molecule has 0 spiro atoms. The maximum atomic E-state index is 13.6. The first-order valence-electron chi connectivity index (χ1n) is 11.1. The van der Waals surface area contributed by atoms with Crippen LogP contribution in [-0.2, 0) is 17.4 Å². The molecule has 0 atom stereocenters. The Morgan fingerprint density at radius 1 is 1.15 bits per heavy atom. The zero-order valence-electron chi connectivity index (χ0n) is 18.5. The summed E-state index contributed by atoms with van der Waals surface area (Å²) in [6.45, 7) is 2.71. The van der Waals surface area contributed by atoms with Crippen LogP contribution in [0.1, 0.15) is 35.6 Å². The first kappa shape index (κ1) is 22.2. The highest BCUT2D eigenvalue weighted by molar-refractivity contribution is 5.84. The van der Waals surface area contributed by atoms with Crippen molar-refractivity contribution in [3.8, 4) is 0 Å². The van der Waals surface area contributed by atoms with Crippen molar-refractivity contribution in [2.24, 2.45) is 0 Å². The molecule has 1 amide bonds. The van der Waals surface area contributed by atoms with E-state index in [4.69, 9.17) is 0 Å². The number of nitrogens with one attached hydrogen (secondary N) is 1. The number of para-hydroxylation sites is 1. The number of likely N-dealkylation sites (tertiary alicyclic amines) is 1. The topological polar surface area (TPSA) is 71.0 Å². The van der Waals surface area contributed by atoms with Crippen molar-refractivity contribution in [3.05, 3.63) is 75.8 Å². The maximum absolute atomic E-state index is 13.6. The number of H-pyrrole nitrogens is 1. The number of hydrogen-bond acceptors (Lipinski definition) is 3. The van der Waals surface area contributed by atoms with Gasteiger partial charge in [0.2, 0.25) is 5.91 Å². The van der Waals surface area contributed by atoms with E-state index in [2.05, 4.69) is 9.97 Å². The van der Waals surface area contributed by atoms with Crippen molar-refractivity contribution in [2.45, 2.75) is 38.4 Å². The van der Waals surface area contributed by atoms with E-state index in [0.29, 0.717) is 25.9 Å². The second-order valence-electron chi connectivity index (χ2n) is 8.76. The van der Waals surface area contributed by atoms with Crippen LogP contribution >= 0.6 is 0 Å². The van der Waals surface area contributed by atoms with E-state index < -0.39 is 23.5 Å². The number of nitrogens with zero attached hydrogens (tertiary/aromatic N) is 3. The number of pyridine rings is 1. The number of carbonyl (C=O) groups is 1. The number of hydrogen-bond donors (Lipinski definition) is 1. The zero-order chi connectivity index (χ0) is 24.0. The number of aromatic amines is 1. The molecule has 0 bridgehead atoms. The van der Waals surface area contributed by atoms with Gasteiger partial charge in [0.05, 0.1) is 28.5 Å². The molecule has 1 saturated heterocycles. The minimum absolute atomic E-state index is 0.0351. The lowest BCUT2D eigenvalue weighted by atomic mass is 10.00. The number of benzene rings is 2. The van der Waals surface area contributed by atoms with E-state index in [1.54, 1.807) is 11.1 Å². The molecule has 0 radical (unpaired) electrons. The lowest BCUT2D eigenvalue weighted by Crippen LogP contribution is -2.41. The van der Waals surface area contributed by atoms with Gasteiger partial charge in [0.25, 0.3) is 0 Å². The van der Waals surface area contributed by atoms with E-state index in [1.165, 1.54) is 16.7 Å². The first-order valence-corrected chi connectivity index (χ1v) is 11.1. The highest BCUT2D eigenvalue weighted by Crippen LogP contribution is 2.36. The highest BCUT2D eigenvalue weighted by Gasteiger charge is 2.36. The molecule has 2 aromatic heterocycles. The van der Waals surface area contributed by atoms with Crippen molar-refractivity contribution >= 4 is 27.8 Å². The number of halogens is 3. The largest absolute Gasteiger partial charge is 0.418 e. The molecular weight excluding hydrogens is 445 g/mol. The number of rotatable bonds is 3. The number of piperidine rings is 1. The Bertz CT molecular complexity index is 1450. The molecule has 6 nitrogen and oxygen atoms in total. The molecule has 2 aromatic carbocycles. The van der Waals surface area contributed by atoms with Crippen molar-refractivity contribution in [2.75, 3.05) is 13.1 Å². The fraction of sp³-hybridized carbons (Fsp3) is 0.320. The van der Waals surface area contributed by atoms with Crippen molar-refractivity contribution in [3.63, 3.8) is 0 Å². The Balaban J connectivity index is 1.34. The highest BCUT2D eigenvalue weighted by atomic mass is 19.4. The summed E-state index contributed by atoms with van der Waals surface area (Å²) in [5.41, 5.74) is 1.44. The number of imidazole rings is 1. The van der Waals surface area contributed by atoms with E-state index in [-0.39, 0.29) is 23.4 Å². The fourth-order valence-corrected chi connectivity index (χ4v) is 4.87. The Kier molecular flexibility index (Phi) is 5.42. The van der Waals surface area contributed by atoms with E-state index >= 15 is 0 Å². The molecule has 0 saturated carbocycles. The lowest BCUT2D eigenvalue weighted by molar-refractivity contribution is -0.136. The number of alkyl halides is 3. The Morgan fingerprint density at radius 3 is 2.65 bits per heavy atom. The van der Waals surface area contributed by atoms with Gasteiger partial charge >= 0.3 is 11.9 Å². The summed E-state index contributed by atoms with van der Waals surface area (Å²) in [6, 6.07) is 11.1. The summed E-state index contributed by atoms with van der Waals surface area (Å²) in [5.74, 6) is -0.0351. The summed E-state index contributed by atoms with van der Waals surface area (Å²) < 4.78 is 42.0. The Morgan fingerprint density at radius 2 is 1.91 bits per heavy atom. The summed E-state index contributed by atoms with van der Waals surface area (Å²) in [7, 11) is 0. The second kappa shape index (κ2) is 8.30. The van der Waals surface area contributed by atoms with Gasteiger partial charge in [-0.15, -0.1) is 0 Å². The van der Waals surface area contributed by atoms with Crippen LogP contribution < -0.4 is 5.69 Å². The van der Waals surface area contributed by atoms with E-state index in [9.17, 15) is 22.8 Å². The lowest BCUT2D eigenvalue weighted by Gasteiger charge is -2.33. The number of aromatic nitrogens is 3. The second-order valence-corrected chi connectivity index (χ2v) is 8.76. The number of carbonyl (C=O) groups excluding carboxylic acids is 1. The molecule has 3 heterocycles. The maximum Gasteiger partial charge on any atom is 0.418 e. The van der Waals surface area contributed by atoms with Gasteiger partial charge in [-0.3, -0.25) is 14.3 Å². The van der Waals surface area contributed by atoms with Crippen LogP contribution in [-0.4, -0.2) is 38.4 Å². The van der Waals surface area contributed by atoms with E-state index in [0.717, 1.165) is 28.1 Å². The summed E-state index contributed by atoms with van der Waals surface area (Å²) >= 11 is 0. The molecule has 1 fully saturated rings. The Labute approximate surface area is 193 Å². The molecule has 1 N–H and O–H groups in total. The fourth-order valence-electron chi connectivity index (χ4n) is 4.87. The third kappa shape index (κ3) is 3.95. The zero-order valence-corrected chi connectivity index (χ0v) is 18.5. The van der Waals surface area contributed by atoms with Crippen LogP contribution in [0.3, 0.4) is 0 Å². The molecule has 1 aliphatic rings. The van der Waals surface area contributed by atoms with Gasteiger partial charge in [0.1, 0.15) is 0 Å². The predicted octanol–water partition coefficient (Wildman–Crippen LogP) is 4.61. The molecule has 1 aliphatic heterocycles. The van der Waals surface area contributed by atoms with Crippen LogP contribution in [0.25, 0.3) is 21.9 Å².